The maximum Gasteiger partial charge on any atom is 0.246 e. The quantitative estimate of drug-likeness (QED) is 0.596. The SMILES string of the molecule is COCCOC1CCN(C(=O)C=Cc2ccc(C)o2)CC1. The third-order valence-electron chi connectivity index (χ3n) is 3.55. The number of carbonyl (C=O) groups excluding carboxylic acids is 1. The molecule has 0 N–H and O–H groups in total. The molecular formula is C16H23NO4. The molecule has 2 rings (SSSR count). The van der Waals surface area contributed by atoms with E-state index in [1.165, 1.54) is 0 Å². The van der Waals surface area contributed by atoms with Gasteiger partial charge in [0.1, 0.15) is 11.5 Å². The maximum atomic E-state index is 12.1. The fourth-order valence-corrected chi connectivity index (χ4v) is 2.34. The van der Waals surface area contributed by atoms with Crippen LogP contribution in [0.2, 0.25) is 0 Å². The van der Waals surface area contributed by atoms with Crippen LogP contribution in [-0.4, -0.2) is 50.3 Å². The van der Waals surface area contributed by atoms with Crippen molar-refractivity contribution in [1.82, 2.24) is 4.90 Å². The molecule has 2 heterocycles. The Kier molecular flexibility index (Phi) is 6.02. The van der Waals surface area contributed by atoms with Gasteiger partial charge in [-0.25, -0.2) is 0 Å². The second-order valence-corrected chi connectivity index (χ2v) is 5.17. The summed E-state index contributed by atoms with van der Waals surface area (Å²) in [6.07, 6.45) is 5.29. The largest absolute Gasteiger partial charge is 0.462 e. The first-order valence-electron chi connectivity index (χ1n) is 7.33. The molecule has 5 heteroatoms. The minimum atomic E-state index is 0.0272. The van der Waals surface area contributed by atoms with Gasteiger partial charge >= 0.3 is 0 Å². The van der Waals surface area contributed by atoms with Crippen LogP contribution >= 0.6 is 0 Å². The molecule has 0 saturated carbocycles. The summed E-state index contributed by atoms with van der Waals surface area (Å²) in [4.78, 5) is 13.9. The molecule has 0 aliphatic carbocycles. The molecule has 116 valence electrons. The van der Waals surface area contributed by atoms with Crippen molar-refractivity contribution in [3.05, 3.63) is 29.7 Å². The Balaban J connectivity index is 1.74. The molecule has 1 saturated heterocycles. The number of piperidine rings is 1. The molecule has 0 bridgehead atoms. The summed E-state index contributed by atoms with van der Waals surface area (Å²) >= 11 is 0. The normalized spacial score (nSPS) is 16.8. The highest BCUT2D eigenvalue weighted by Crippen LogP contribution is 2.15. The highest BCUT2D eigenvalue weighted by molar-refractivity contribution is 5.91. The zero-order chi connectivity index (χ0) is 15.1. The number of nitrogens with zero attached hydrogens (tertiary/aromatic N) is 1. The Morgan fingerprint density at radius 3 is 2.76 bits per heavy atom. The fourth-order valence-electron chi connectivity index (χ4n) is 2.34. The van der Waals surface area contributed by atoms with Crippen molar-refractivity contribution in [3.63, 3.8) is 0 Å². The average molecular weight is 293 g/mol. The van der Waals surface area contributed by atoms with Crippen molar-refractivity contribution >= 4 is 12.0 Å². The topological polar surface area (TPSA) is 51.9 Å². The van der Waals surface area contributed by atoms with Gasteiger partial charge < -0.3 is 18.8 Å². The standard InChI is InChI=1S/C16H23NO4/c1-13-3-4-15(21-13)5-6-16(18)17-9-7-14(8-10-17)20-12-11-19-2/h3-6,14H,7-12H2,1-2H3. The molecule has 1 aliphatic rings. The molecule has 1 aromatic rings. The fraction of sp³-hybridized carbons (Fsp3) is 0.562. The van der Waals surface area contributed by atoms with Gasteiger partial charge in [-0.2, -0.15) is 0 Å². The predicted octanol–water partition coefficient (Wildman–Crippen LogP) is 2.26. The number of ether oxygens (including phenoxy) is 2. The second kappa shape index (κ2) is 8.00. The predicted molar refractivity (Wildman–Crippen MR) is 79.9 cm³/mol. The van der Waals surface area contributed by atoms with Gasteiger partial charge in [0, 0.05) is 26.3 Å². The van der Waals surface area contributed by atoms with Crippen molar-refractivity contribution in [3.8, 4) is 0 Å². The number of methoxy groups -OCH3 is 1. The van der Waals surface area contributed by atoms with E-state index >= 15 is 0 Å². The number of hydrogen-bond acceptors (Lipinski definition) is 4. The van der Waals surface area contributed by atoms with E-state index in [-0.39, 0.29) is 12.0 Å². The minimum Gasteiger partial charge on any atom is -0.462 e. The molecule has 0 radical (unpaired) electrons. The van der Waals surface area contributed by atoms with E-state index in [0.29, 0.717) is 19.0 Å². The number of likely N-dealkylation sites (tertiary alicyclic amines) is 1. The molecule has 1 aromatic heterocycles. The van der Waals surface area contributed by atoms with Crippen LogP contribution in [-0.2, 0) is 14.3 Å². The summed E-state index contributed by atoms with van der Waals surface area (Å²) in [5.41, 5.74) is 0. The Morgan fingerprint density at radius 1 is 1.38 bits per heavy atom. The lowest BCUT2D eigenvalue weighted by Crippen LogP contribution is -2.40. The first kappa shape index (κ1) is 15.8. The number of aryl methyl sites for hydroxylation is 1. The van der Waals surface area contributed by atoms with E-state index in [2.05, 4.69) is 0 Å². The van der Waals surface area contributed by atoms with Gasteiger partial charge in [-0.1, -0.05) is 0 Å². The van der Waals surface area contributed by atoms with E-state index < -0.39 is 0 Å². The van der Waals surface area contributed by atoms with Gasteiger partial charge in [0.2, 0.25) is 5.91 Å². The van der Waals surface area contributed by atoms with Crippen molar-refractivity contribution in [1.29, 1.82) is 0 Å². The van der Waals surface area contributed by atoms with E-state index in [1.54, 1.807) is 19.3 Å². The molecule has 0 aromatic carbocycles. The number of amides is 1. The van der Waals surface area contributed by atoms with Crippen LogP contribution in [0.3, 0.4) is 0 Å². The molecular weight excluding hydrogens is 270 g/mol. The van der Waals surface area contributed by atoms with Gasteiger partial charge in [-0.15, -0.1) is 0 Å². The molecule has 1 aliphatic heterocycles. The Hall–Kier alpha value is -1.59. The summed E-state index contributed by atoms with van der Waals surface area (Å²) in [7, 11) is 1.66. The van der Waals surface area contributed by atoms with Crippen LogP contribution in [0.15, 0.2) is 22.6 Å². The summed E-state index contributed by atoms with van der Waals surface area (Å²) in [6, 6.07) is 3.74. The third kappa shape index (κ3) is 5.02. The monoisotopic (exact) mass is 293 g/mol. The number of rotatable bonds is 6. The van der Waals surface area contributed by atoms with Gasteiger partial charge in [0.15, 0.2) is 0 Å². The van der Waals surface area contributed by atoms with Crippen LogP contribution in [0.4, 0.5) is 0 Å². The summed E-state index contributed by atoms with van der Waals surface area (Å²) < 4.78 is 16.1. The molecule has 0 spiro atoms. The molecule has 21 heavy (non-hydrogen) atoms. The summed E-state index contributed by atoms with van der Waals surface area (Å²) in [5, 5.41) is 0. The smallest absolute Gasteiger partial charge is 0.246 e. The zero-order valence-corrected chi connectivity index (χ0v) is 12.7. The van der Waals surface area contributed by atoms with Crippen LogP contribution in [0.25, 0.3) is 6.08 Å². The van der Waals surface area contributed by atoms with Gasteiger partial charge in [-0.3, -0.25) is 4.79 Å². The maximum absolute atomic E-state index is 12.1. The van der Waals surface area contributed by atoms with Gasteiger partial charge in [0.05, 0.1) is 19.3 Å². The summed E-state index contributed by atoms with van der Waals surface area (Å²) in [6.45, 7) is 4.58. The third-order valence-corrected chi connectivity index (χ3v) is 3.55. The number of carbonyl (C=O) groups is 1. The molecule has 0 unspecified atom stereocenters. The lowest BCUT2D eigenvalue weighted by atomic mass is 10.1. The molecule has 1 fully saturated rings. The van der Waals surface area contributed by atoms with Gasteiger partial charge in [0.25, 0.3) is 0 Å². The number of hydrogen-bond donors (Lipinski definition) is 0. The van der Waals surface area contributed by atoms with Crippen LogP contribution in [0.5, 0.6) is 0 Å². The van der Waals surface area contributed by atoms with Crippen LogP contribution in [0, 0.1) is 6.92 Å². The van der Waals surface area contributed by atoms with Crippen LogP contribution in [0.1, 0.15) is 24.4 Å². The number of furan rings is 1. The van der Waals surface area contributed by atoms with E-state index in [1.807, 2.05) is 24.0 Å². The van der Waals surface area contributed by atoms with Crippen molar-refractivity contribution < 1.29 is 18.7 Å². The molecule has 5 nitrogen and oxygen atoms in total. The lowest BCUT2D eigenvalue weighted by molar-refractivity contribution is -0.128. The first-order chi connectivity index (χ1) is 10.2. The van der Waals surface area contributed by atoms with E-state index in [9.17, 15) is 4.79 Å². The molecule has 1 amide bonds. The lowest BCUT2D eigenvalue weighted by Gasteiger charge is -2.31. The van der Waals surface area contributed by atoms with E-state index in [4.69, 9.17) is 13.9 Å². The first-order valence-corrected chi connectivity index (χ1v) is 7.33. The van der Waals surface area contributed by atoms with Gasteiger partial charge in [-0.05, 0) is 38.0 Å². The van der Waals surface area contributed by atoms with E-state index in [0.717, 1.165) is 31.7 Å². The molecule has 0 atom stereocenters. The summed E-state index contributed by atoms with van der Waals surface area (Å²) in [5.74, 6) is 1.58. The minimum absolute atomic E-state index is 0.0272. The van der Waals surface area contributed by atoms with Crippen molar-refractivity contribution in [2.75, 3.05) is 33.4 Å². The second-order valence-electron chi connectivity index (χ2n) is 5.17. The Morgan fingerprint density at radius 2 is 2.14 bits per heavy atom. The zero-order valence-electron chi connectivity index (χ0n) is 12.7. The Labute approximate surface area is 125 Å². The van der Waals surface area contributed by atoms with Crippen LogP contribution < -0.4 is 0 Å². The Bertz CT molecular complexity index is 472. The highest BCUT2D eigenvalue weighted by Gasteiger charge is 2.21. The van der Waals surface area contributed by atoms with Crippen molar-refractivity contribution in [2.45, 2.75) is 25.9 Å². The average Bonchev–Trinajstić information content (AvgIpc) is 2.91. The van der Waals surface area contributed by atoms with Crippen molar-refractivity contribution in [2.24, 2.45) is 0 Å². The highest BCUT2D eigenvalue weighted by atomic mass is 16.5.